The number of nitrogens with one attached hydrogen (secondary N) is 2. The average molecular weight is 445 g/mol. The molecule has 8 nitrogen and oxygen atoms in total. The Labute approximate surface area is 188 Å². The molecule has 174 valence electrons. The molecule has 1 aliphatic carbocycles. The number of ketones is 3. The monoisotopic (exact) mass is 444 g/mol. The van der Waals surface area contributed by atoms with E-state index >= 15 is 0 Å². The lowest BCUT2D eigenvalue weighted by molar-refractivity contribution is -0.134. The van der Waals surface area contributed by atoms with Gasteiger partial charge in [-0.2, -0.15) is 0 Å². The second kappa shape index (κ2) is 13.5. The molecule has 1 aliphatic rings. The molecule has 0 saturated heterocycles. The van der Waals surface area contributed by atoms with Gasteiger partial charge in [0.15, 0.2) is 0 Å². The topological polar surface area (TPSA) is 119 Å². The van der Waals surface area contributed by atoms with E-state index in [4.69, 9.17) is 4.74 Å². The third-order valence-electron chi connectivity index (χ3n) is 5.27. The Bertz CT molecular complexity index is 818. The van der Waals surface area contributed by atoms with E-state index in [1.807, 2.05) is 0 Å². The van der Waals surface area contributed by atoms with Gasteiger partial charge in [-0.1, -0.05) is 18.6 Å². The van der Waals surface area contributed by atoms with Crippen molar-refractivity contribution in [2.45, 2.75) is 58.3 Å². The van der Waals surface area contributed by atoms with Gasteiger partial charge in [-0.15, -0.1) is 0 Å². The molecule has 1 aromatic rings. The highest BCUT2D eigenvalue weighted by Gasteiger charge is 2.28. The Morgan fingerprint density at radius 3 is 2.47 bits per heavy atom. The van der Waals surface area contributed by atoms with E-state index in [0.717, 1.165) is 18.4 Å². The van der Waals surface area contributed by atoms with Crippen molar-refractivity contribution in [3.05, 3.63) is 29.8 Å². The van der Waals surface area contributed by atoms with Gasteiger partial charge in [-0.3, -0.25) is 19.2 Å². The molecule has 1 fully saturated rings. The third kappa shape index (κ3) is 9.51. The van der Waals surface area contributed by atoms with Gasteiger partial charge in [0, 0.05) is 38.1 Å². The number of anilines is 1. The predicted octanol–water partition coefficient (Wildman–Crippen LogP) is 2.39. The fraction of sp³-hybridized carbons (Fsp3) is 0.542. The highest BCUT2D eigenvalue weighted by atomic mass is 16.5. The zero-order valence-electron chi connectivity index (χ0n) is 18.6. The molecule has 2 amide bonds. The van der Waals surface area contributed by atoms with Gasteiger partial charge in [0.2, 0.25) is 11.8 Å². The van der Waals surface area contributed by atoms with E-state index in [1.165, 1.54) is 6.92 Å². The van der Waals surface area contributed by atoms with Gasteiger partial charge in [0.25, 0.3) is 0 Å². The van der Waals surface area contributed by atoms with Crippen LogP contribution in [0, 0.1) is 5.92 Å². The molecule has 2 N–H and O–H groups in total. The van der Waals surface area contributed by atoms with Gasteiger partial charge in [0.05, 0.1) is 12.5 Å². The van der Waals surface area contributed by atoms with E-state index in [0.29, 0.717) is 51.1 Å². The summed E-state index contributed by atoms with van der Waals surface area (Å²) < 4.78 is 5.31. The third-order valence-corrected chi connectivity index (χ3v) is 5.27. The van der Waals surface area contributed by atoms with Crippen molar-refractivity contribution in [2.75, 3.05) is 25.1 Å². The minimum Gasteiger partial charge on any atom is -0.380 e. The van der Waals surface area contributed by atoms with Crippen LogP contribution in [0.1, 0.15) is 57.4 Å². The first-order valence-electron chi connectivity index (χ1n) is 11.1. The van der Waals surface area contributed by atoms with Crippen LogP contribution in [0.4, 0.5) is 5.69 Å². The molecule has 1 unspecified atom stereocenters. The molecule has 1 saturated carbocycles. The van der Waals surface area contributed by atoms with E-state index in [9.17, 15) is 24.0 Å². The molecule has 0 aromatic heterocycles. The minimum atomic E-state index is -0.479. The Morgan fingerprint density at radius 1 is 1.03 bits per heavy atom. The van der Waals surface area contributed by atoms with E-state index in [2.05, 4.69) is 10.6 Å². The Balaban J connectivity index is 1.65. The van der Waals surface area contributed by atoms with Crippen LogP contribution < -0.4 is 10.6 Å². The van der Waals surface area contributed by atoms with Crippen LogP contribution in [0.15, 0.2) is 24.3 Å². The number of Topliss-reactive ketones (excluding diaryl/α,β-unsaturated/α-hetero) is 3. The van der Waals surface area contributed by atoms with Gasteiger partial charge in [0.1, 0.15) is 23.8 Å². The number of amides is 2. The standard InChI is InChI=1S/C24H32N2O6/c1-17(27)5-4-13-32-14-12-25-23(30)16-24(31)26-19-10-8-18(9-11-19)15-22(29)20-6-2-3-7-21(20)28/h8-11,20H,2-7,12-16H2,1H3,(H,25,30)(H,26,31). The highest BCUT2D eigenvalue weighted by Crippen LogP contribution is 2.23. The van der Waals surface area contributed by atoms with Crippen LogP contribution in [0.2, 0.25) is 0 Å². The maximum atomic E-state index is 12.4. The van der Waals surface area contributed by atoms with Crippen molar-refractivity contribution in [1.29, 1.82) is 0 Å². The molecule has 0 aliphatic heterocycles. The summed E-state index contributed by atoms with van der Waals surface area (Å²) >= 11 is 0. The lowest BCUT2D eigenvalue weighted by Crippen LogP contribution is -2.30. The van der Waals surface area contributed by atoms with Gasteiger partial charge >= 0.3 is 0 Å². The second-order valence-corrected chi connectivity index (χ2v) is 8.10. The molecule has 0 heterocycles. The van der Waals surface area contributed by atoms with Crippen LogP contribution in [0.5, 0.6) is 0 Å². The van der Waals surface area contributed by atoms with Crippen molar-refractivity contribution in [3.8, 4) is 0 Å². The molecule has 1 atom stereocenters. The maximum Gasteiger partial charge on any atom is 0.233 e. The van der Waals surface area contributed by atoms with E-state index in [-0.39, 0.29) is 30.2 Å². The highest BCUT2D eigenvalue weighted by molar-refractivity contribution is 6.04. The number of benzene rings is 1. The first-order chi connectivity index (χ1) is 15.3. The number of hydrogen-bond donors (Lipinski definition) is 2. The lowest BCUT2D eigenvalue weighted by atomic mass is 9.83. The maximum absolute atomic E-state index is 12.4. The number of ether oxygens (including phenoxy) is 1. The number of carbonyl (C=O) groups excluding carboxylic acids is 5. The largest absolute Gasteiger partial charge is 0.380 e. The summed E-state index contributed by atoms with van der Waals surface area (Å²) in [5.74, 6) is -1.22. The summed E-state index contributed by atoms with van der Waals surface area (Å²) in [7, 11) is 0. The second-order valence-electron chi connectivity index (χ2n) is 8.10. The Morgan fingerprint density at radius 2 is 1.78 bits per heavy atom. The molecule has 0 radical (unpaired) electrons. The minimum absolute atomic E-state index is 0.0444. The number of hydrogen-bond acceptors (Lipinski definition) is 6. The summed E-state index contributed by atoms with van der Waals surface area (Å²) in [5.41, 5.74) is 1.31. The summed E-state index contributed by atoms with van der Waals surface area (Å²) in [5, 5.41) is 5.26. The normalized spacial score (nSPS) is 15.8. The van der Waals surface area contributed by atoms with Crippen LogP contribution in [0.3, 0.4) is 0 Å². The quantitative estimate of drug-likeness (QED) is 0.356. The Kier molecular flexibility index (Phi) is 10.7. The SMILES string of the molecule is CC(=O)CCCOCCNC(=O)CC(=O)Nc1ccc(CC(=O)C2CCCCC2=O)cc1. The molecule has 8 heteroatoms. The van der Waals surface area contributed by atoms with Crippen LogP contribution in [-0.2, 0) is 35.1 Å². The summed E-state index contributed by atoms with van der Waals surface area (Å²) in [6, 6.07) is 6.83. The number of carbonyl (C=O) groups is 5. The van der Waals surface area contributed by atoms with Crippen LogP contribution in [0.25, 0.3) is 0 Å². The number of rotatable bonds is 13. The first kappa shape index (κ1) is 25.4. The van der Waals surface area contributed by atoms with Gasteiger partial charge in [-0.05, 0) is 43.9 Å². The van der Waals surface area contributed by atoms with E-state index < -0.39 is 17.7 Å². The van der Waals surface area contributed by atoms with Gasteiger partial charge < -0.3 is 20.2 Å². The molecular weight excluding hydrogens is 412 g/mol. The fourth-order valence-electron chi connectivity index (χ4n) is 3.56. The molecule has 0 bridgehead atoms. The Hall–Kier alpha value is -2.87. The van der Waals surface area contributed by atoms with Crippen molar-refractivity contribution in [2.24, 2.45) is 5.92 Å². The summed E-state index contributed by atoms with van der Waals surface area (Å²) in [6.45, 7) is 2.59. The first-order valence-corrected chi connectivity index (χ1v) is 11.1. The molecule has 2 rings (SSSR count). The zero-order chi connectivity index (χ0) is 23.3. The van der Waals surface area contributed by atoms with Crippen molar-refractivity contribution in [1.82, 2.24) is 5.32 Å². The van der Waals surface area contributed by atoms with Gasteiger partial charge in [-0.25, -0.2) is 0 Å². The smallest absolute Gasteiger partial charge is 0.233 e. The van der Waals surface area contributed by atoms with Crippen molar-refractivity contribution in [3.63, 3.8) is 0 Å². The van der Waals surface area contributed by atoms with Crippen molar-refractivity contribution >= 4 is 34.9 Å². The lowest BCUT2D eigenvalue weighted by Gasteiger charge is -2.19. The zero-order valence-corrected chi connectivity index (χ0v) is 18.6. The van der Waals surface area contributed by atoms with Crippen molar-refractivity contribution < 1.29 is 28.7 Å². The van der Waals surface area contributed by atoms with Crippen LogP contribution >= 0.6 is 0 Å². The van der Waals surface area contributed by atoms with Crippen LogP contribution in [-0.4, -0.2) is 48.9 Å². The molecule has 0 spiro atoms. The molecular formula is C24H32N2O6. The molecule has 1 aromatic carbocycles. The predicted molar refractivity (Wildman–Crippen MR) is 119 cm³/mol. The van der Waals surface area contributed by atoms with E-state index in [1.54, 1.807) is 24.3 Å². The summed E-state index contributed by atoms with van der Waals surface area (Å²) in [4.78, 5) is 59.0. The molecule has 32 heavy (non-hydrogen) atoms. The average Bonchev–Trinajstić information content (AvgIpc) is 2.74. The fourth-order valence-corrected chi connectivity index (χ4v) is 3.56. The summed E-state index contributed by atoms with van der Waals surface area (Å²) in [6.07, 6.45) is 3.92.